The van der Waals surface area contributed by atoms with Gasteiger partial charge in [-0.05, 0) is 85.5 Å². The zero-order chi connectivity index (χ0) is 61.8. The lowest BCUT2D eigenvalue weighted by Crippen LogP contribution is -2.38. The second-order valence-corrected chi connectivity index (χ2v) is 22.0. The molecule has 26 nitrogen and oxygen atoms in total. The molecule has 0 aliphatic carbocycles. The Kier molecular flexibility index (Phi) is 17.8. The molecule has 0 spiro atoms. The third-order valence-corrected chi connectivity index (χ3v) is 15.4. The fourth-order valence-corrected chi connectivity index (χ4v) is 11.0. The summed E-state index contributed by atoms with van der Waals surface area (Å²) in [6.07, 6.45) is 19.9. The van der Waals surface area contributed by atoms with Gasteiger partial charge in [-0.1, -0.05) is 0 Å². The van der Waals surface area contributed by atoms with Gasteiger partial charge in [-0.3, -0.25) is 49.8 Å². The second-order valence-electron chi connectivity index (χ2n) is 22.0. The number of nitrogens with zero attached hydrogens (tertiary/aromatic N) is 18. The summed E-state index contributed by atoms with van der Waals surface area (Å²) in [7, 11) is 0. The van der Waals surface area contributed by atoms with E-state index in [9.17, 15) is 32.7 Å². The molecule has 3 fully saturated rings. The van der Waals surface area contributed by atoms with Crippen LogP contribution in [0.4, 0.5) is 47.7 Å². The number of aromatic carboxylic acids is 1. The van der Waals surface area contributed by atoms with Crippen LogP contribution in [0.2, 0.25) is 0 Å². The molecular weight excluding hydrogens is 1140 g/mol. The highest BCUT2D eigenvalue weighted by Gasteiger charge is 2.32. The molecule has 13 rings (SSSR count). The number of esters is 1. The van der Waals surface area contributed by atoms with Crippen molar-refractivity contribution in [2.45, 2.75) is 104 Å². The summed E-state index contributed by atoms with van der Waals surface area (Å²) in [5.74, 6) is -1.02. The van der Waals surface area contributed by atoms with E-state index in [0.29, 0.717) is 103 Å². The Morgan fingerprint density at radius 2 is 1.06 bits per heavy atom. The molecule has 1 amide bonds. The van der Waals surface area contributed by atoms with Crippen molar-refractivity contribution in [3.63, 3.8) is 0 Å². The number of carbonyl (C=O) groups is 3. The zero-order valence-electron chi connectivity index (χ0n) is 49.1. The maximum absolute atomic E-state index is 14.1. The predicted molar refractivity (Wildman–Crippen MR) is 322 cm³/mol. The third kappa shape index (κ3) is 12.9. The minimum atomic E-state index is -1.09. The van der Waals surface area contributed by atoms with Crippen LogP contribution < -0.4 is 46.8 Å². The van der Waals surface area contributed by atoms with Crippen LogP contribution in [0.1, 0.15) is 114 Å². The van der Waals surface area contributed by atoms with Crippen LogP contribution in [0, 0.1) is 17.5 Å². The smallest absolute Gasteiger partial charge is 0.343 e. The summed E-state index contributed by atoms with van der Waals surface area (Å²) in [5, 5.41) is 36.7. The maximum Gasteiger partial charge on any atom is 0.343 e. The summed E-state index contributed by atoms with van der Waals surface area (Å²) < 4.78 is 51.8. The molecular formula is C59H68F3N21O5. The second kappa shape index (κ2) is 26.1. The van der Waals surface area contributed by atoms with Gasteiger partial charge in [0, 0.05) is 112 Å². The molecule has 0 saturated carbocycles. The number of hydrogen-bond donors (Lipinski definition) is 4. The van der Waals surface area contributed by atoms with Crippen LogP contribution in [0.5, 0.6) is 0 Å². The molecule has 2 bridgehead atoms. The van der Waals surface area contributed by atoms with Crippen LogP contribution in [-0.2, 0) is 24.0 Å². The number of anilines is 6. The van der Waals surface area contributed by atoms with Crippen LogP contribution in [-0.4, -0.2) is 146 Å². The molecule has 4 aliphatic heterocycles. The number of carboxylic acids is 1. The maximum atomic E-state index is 14.1. The average molecular weight is 1210 g/mol. The zero-order valence-corrected chi connectivity index (χ0v) is 49.1. The molecule has 6 N–H and O–H groups in total. The van der Waals surface area contributed by atoms with Crippen molar-refractivity contribution in [3.8, 4) is 0 Å². The van der Waals surface area contributed by atoms with Gasteiger partial charge in [0.15, 0.2) is 34.4 Å². The number of fused-ring (bicyclic) bond motifs is 7. The number of halogens is 3. The van der Waals surface area contributed by atoms with Crippen molar-refractivity contribution in [2.75, 3.05) is 75.9 Å². The molecule has 460 valence electrons. The number of carboxylic acid groups (broad SMARTS) is 1. The molecule has 29 heteroatoms. The number of ether oxygens (including phenoxy) is 1. The summed E-state index contributed by atoms with van der Waals surface area (Å²) in [4.78, 5) is 63.3. The molecule has 13 heterocycles. The first-order valence-electron chi connectivity index (χ1n) is 29.4. The lowest BCUT2D eigenvalue weighted by atomic mass is 10.1. The minimum absolute atomic E-state index is 0.0183. The number of aromatic nitrogens is 12. The largest absolute Gasteiger partial charge is 0.477 e. The van der Waals surface area contributed by atoms with Gasteiger partial charge in [0.2, 0.25) is 0 Å². The monoisotopic (exact) mass is 1210 g/mol. The quantitative estimate of drug-likeness (QED) is 0.0936. The molecule has 9 aromatic heterocycles. The van der Waals surface area contributed by atoms with Gasteiger partial charge in [0.05, 0.1) is 77.9 Å². The first-order valence-corrected chi connectivity index (χ1v) is 29.4. The highest BCUT2D eigenvalue weighted by Crippen LogP contribution is 2.34. The van der Waals surface area contributed by atoms with Crippen molar-refractivity contribution < 1.29 is 37.4 Å². The van der Waals surface area contributed by atoms with Crippen LogP contribution >= 0.6 is 0 Å². The number of carbonyl (C=O) groups excluding carboxylic acids is 2. The van der Waals surface area contributed by atoms with E-state index in [2.05, 4.69) is 45.5 Å². The van der Waals surface area contributed by atoms with Crippen LogP contribution in [0.3, 0.4) is 0 Å². The van der Waals surface area contributed by atoms with E-state index in [1.165, 1.54) is 58.2 Å². The molecule has 88 heavy (non-hydrogen) atoms. The molecule has 4 aliphatic rings. The van der Waals surface area contributed by atoms with Gasteiger partial charge in [-0.2, -0.15) is 15.3 Å². The van der Waals surface area contributed by atoms with E-state index in [4.69, 9.17) is 21.2 Å². The summed E-state index contributed by atoms with van der Waals surface area (Å²) in [6.45, 7) is 12.1. The fourth-order valence-electron chi connectivity index (χ4n) is 11.0. The minimum Gasteiger partial charge on any atom is -0.477 e. The van der Waals surface area contributed by atoms with Gasteiger partial charge >= 0.3 is 11.9 Å². The lowest BCUT2D eigenvalue weighted by molar-refractivity contribution is 0.0527. The van der Waals surface area contributed by atoms with Gasteiger partial charge < -0.3 is 26.6 Å². The topological polar surface area (TPSA) is 293 Å². The van der Waals surface area contributed by atoms with Crippen molar-refractivity contribution in [3.05, 3.63) is 143 Å². The third-order valence-electron chi connectivity index (χ3n) is 15.4. The number of rotatable bonds is 13. The highest BCUT2D eigenvalue weighted by molar-refractivity contribution is 6.00. The Bertz CT molecular complexity index is 4010. The molecule has 0 aromatic carbocycles. The highest BCUT2D eigenvalue weighted by atomic mass is 19.1. The number of hydrazine groups is 3. The van der Waals surface area contributed by atoms with E-state index in [1.807, 2.05) is 63.0 Å². The van der Waals surface area contributed by atoms with Crippen molar-refractivity contribution in [2.24, 2.45) is 11.5 Å². The van der Waals surface area contributed by atoms with Gasteiger partial charge in [-0.15, -0.1) is 0 Å². The normalized spacial score (nSPS) is 16.6. The Hall–Kier alpha value is -9.77. The summed E-state index contributed by atoms with van der Waals surface area (Å²) >= 11 is 0. The Morgan fingerprint density at radius 1 is 0.625 bits per heavy atom. The molecule has 3 saturated heterocycles. The fraction of sp³-hybridized carbons (Fsp3) is 0.390. The lowest BCUT2D eigenvalue weighted by Gasteiger charge is -2.32. The molecule has 0 radical (unpaired) electrons. The number of aryl methyl sites for hydroxylation is 3. The predicted octanol–water partition coefficient (Wildman–Crippen LogP) is 6.18. The number of nitrogens with one attached hydrogen (secondary N) is 1. The first-order chi connectivity index (χ1) is 42.5. The van der Waals surface area contributed by atoms with Crippen molar-refractivity contribution >= 4 is 69.3 Å². The number of pyridine rings is 3. The molecule has 9 aromatic rings. The Balaban J connectivity index is 0.000000137. The molecule has 0 unspecified atom stereocenters. The molecule has 3 atom stereocenters. The first kappa shape index (κ1) is 59.9. The van der Waals surface area contributed by atoms with Crippen LogP contribution in [0.15, 0.2) is 92.2 Å². The average Bonchev–Trinajstić information content (AvgIpc) is 2.02. The summed E-state index contributed by atoms with van der Waals surface area (Å²) in [6, 6.07) is 9.93. The SMILES string of the molecule is CCOC(=O)c1cnn2ccc(N3CCCN3c3cc(F)cnc3CC[C@@H](C)N)nc12.C[C@@H](N)CCc1ncc(F)cc1N1CCCN1c1ccn2ncc(C(=O)O)c2n1.C[C@@H]1CCc2ncc(F)cc2N2CCCN2c2ccn3ncc(c3n2)C(=O)N1. The van der Waals surface area contributed by atoms with Crippen LogP contribution in [0.25, 0.3) is 16.9 Å². The van der Waals surface area contributed by atoms with Gasteiger partial charge in [0.25, 0.3) is 5.91 Å². The van der Waals surface area contributed by atoms with Crippen molar-refractivity contribution in [1.29, 1.82) is 0 Å². The number of hydrogen-bond acceptors (Lipinski definition) is 21. The van der Waals surface area contributed by atoms with E-state index in [0.717, 1.165) is 68.0 Å². The van der Waals surface area contributed by atoms with Gasteiger partial charge in [-0.25, -0.2) is 51.3 Å². The number of amides is 1. The number of nitrogens with two attached hydrogens (primary N) is 2. The Morgan fingerprint density at radius 3 is 1.56 bits per heavy atom. The van der Waals surface area contributed by atoms with E-state index < -0.39 is 23.6 Å². The Labute approximate surface area is 503 Å². The van der Waals surface area contributed by atoms with E-state index in [-0.39, 0.29) is 47.7 Å². The summed E-state index contributed by atoms with van der Waals surface area (Å²) in [5.41, 5.74) is 18.3. The van der Waals surface area contributed by atoms with E-state index in [1.54, 1.807) is 42.3 Å². The standard InChI is InChI=1S/C21H26FN7O2.C19H22FN7O2.C19H20FN7O/c1-3-31-21(30)16-13-25-27-10-7-19(26-20(16)27)29-9-4-8-28(29)18-11-15(22)12-24-17(18)6-5-14(2)23;1-12(21)3-4-15-16(9-13(20)10-22-15)26-6-2-7-27(26)17-5-8-25-18(24-17)14(11-23-25)19(28)29;1-12-3-4-15-16(9-13(20)10-21-15)26-6-2-7-27(26)17-5-8-25-18(24-17)14(11-22-25)19(28)23-12/h7,10-14H,3-6,8-9,23H2,1-2H3;5,8-12H,2-4,6-7,21H2,1H3,(H,28,29);5,8-12H,2-4,6-7H2,1H3,(H,23,28)/t14-;2*12-/m111/s1. The van der Waals surface area contributed by atoms with E-state index >= 15 is 0 Å². The van der Waals surface area contributed by atoms with Crippen molar-refractivity contribution in [1.82, 2.24) is 64.1 Å². The van der Waals surface area contributed by atoms with Gasteiger partial charge in [0.1, 0.15) is 34.1 Å².